The van der Waals surface area contributed by atoms with E-state index in [1.54, 1.807) is 0 Å². The number of carbonyl (C=O) groups excluding carboxylic acids is 1. The fraction of sp³-hybridized carbons (Fsp3) is 0.720. The molecule has 5 heteroatoms. The Balaban J connectivity index is 1.65. The third-order valence-corrected chi connectivity index (χ3v) is 7.17. The zero-order valence-corrected chi connectivity index (χ0v) is 18.8. The van der Waals surface area contributed by atoms with E-state index >= 15 is 0 Å². The van der Waals surface area contributed by atoms with E-state index in [1.807, 2.05) is 19.2 Å². The topological polar surface area (TPSA) is 65.0 Å². The van der Waals surface area contributed by atoms with Crippen LogP contribution in [-0.4, -0.2) is 44.1 Å². The summed E-state index contributed by atoms with van der Waals surface area (Å²) < 4.78 is 16.4. The van der Waals surface area contributed by atoms with E-state index < -0.39 is 0 Å². The van der Waals surface area contributed by atoms with Gasteiger partial charge in [0.15, 0.2) is 6.61 Å². The summed E-state index contributed by atoms with van der Waals surface area (Å²) in [6.45, 7) is 2.14. The molecule has 2 aliphatic carbocycles. The number of carbonyl (C=O) groups is 1. The highest BCUT2D eigenvalue weighted by Crippen LogP contribution is 2.49. The fourth-order valence-electron chi connectivity index (χ4n) is 5.54. The minimum absolute atomic E-state index is 0.0553. The third kappa shape index (κ3) is 5.55. The van der Waals surface area contributed by atoms with Gasteiger partial charge in [0, 0.05) is 7.11 Å². The number of aliphatic hydroxyl groups is 1. The van der Waals surface area contributed by atoms with Crippen LogP contribution in [0.15, 0.2) is 18.2 Å². The van der Waals surface area contributed by atoms with Crippen LogP contribution >= 0.6 is 0 Å². The molecule has 30 heavy (non-hydrogen) atoms. The predicted molar refractivity (Wildman–Crippen MR) is 117 cm³/mol. The van der Waals surface area contributed by atoms with E-state index in [0.717, 1.165) is 50.7 Å². The summed E-state index contributed by atoms with van der Waals surface area (Å²) in [6.07, 6.45) is 9.42. The number of rotatable bonds is 11. The van der Waals surface area contributed by atoms with Crippen LogP contribution in [0.25, 0.3) is 0 Å². The van der Waals surface area contributed by atoms with Gasteiger partial charge in [0.2, 0.25) is 0 Å². The summed E-state index contributed by atoms with van der Waals surface area (Å²) in [5, 5.41) is 10.4. The number of benzene rings is 1. The van der Waals surface area contributed by atoms with Crippen molar-refractivity contribution in [3.05, 3.63) is 29.3 Å². The molecule has 0 amide bonds. The molecule has 0 bridgehead atoms. The molecule has 5 atom stereocenters. The normalized spacial score (nSPS) is 26.0. The summed E-state index contributed by atoms with van der Waals surface area (Å²) in [7, 11) is 3.20. The van der Waals surface area contributed by atoms with Crippen molar-refractivity contribution in [3.8, 4) is 5.75 Å². The molecule has 1 saturated carbocycles. The second-order valence-corrected chi connectivity index (χ2v) is 8.99. The van der Waals surface area contributed by atoms with Gasteiger partial charge in [-0.15, -0.1) is 0 Å². The molecule has 5 nitrogen and oxygen atoms in total. The van der Waals surface area contributed by atoms with Crippen LogP contribution in [-0.2, 0) is 27.1 Å². The number of methoxy groups -OCH3 is 2. The molecule has 1 aromatic carbocycles. The van der Waals surface area contributed by atoms with E-state index in [2.05, 4.69) is 13.0 Å². The molecule has 168 valence electrons. The fourth-order valence-corrected chi connectivity index (χ4v) is 5.54. The Morgan fingerprint density at radius 2 is 2.03 bits per heavy atom. The minimum atomic E-state index is -0.362. The SMILES string of the molecule is CCCCC[C@H](O)CC[C@@H]1[C@H]2Cc3cccc(OCC(=O)OC)c3C[C@H]2C[C@H]1OC. The summed E-state index contributed by atoms with van der Waals surface area (Å²) in [4.78, 5) is 11.5. The number of hydrogen-bond donors (Lipinski definition) is 1. The summed E-state index contributed by atoms with van der Waals surface area (Å²) in [5.41, 5.74) is 2.56. The van der Waals surface area contributed by atoms with Crippen molar-refractivity contribution in [2.45, 2.75) is 76.9 Å². The van der Waals surface area contributed by atoms with Gasteiger partial charge in [-0.3, -0.25) is 0 Å². The van der Waals surface area contributed by atoms with Gasteiger partial charge in [0.05, 0.1) is 19.3 Å². The first-order valence-corrected chi connectivity index (χ1v) is 11.6. The maximum absolute atomic E-state index is 11.5. The second kappa shape index (κ2) is 11.1. The first-order valence-electron chi connectivity index (χ1n) is 11.6. The Kier molecular flexibility index (Phi) is 8.58. The van der Waals surface area contributed by atoms with Gasteiger partial charge in [0.25, 0.3) is 0 Å². The first kappa shape index (κ1) is 23.1. The molecule has 1 fully saturated rings. The average molecular weight is 419 g/mol. The highest BCUT2D eigenvalue weighted by atomic mass is 16.6. The Labute approximate surface area is 181 Å². The van der Waals surface area contributed by atoms with Gasteiger partial charge in [-0.25, -0.2) is 4.79 Å². The number of esters is 1. The zero-order valence-electron chi connectivity index (χ0n) is 18.8. The van der Waals surface area contributed by atoms with Crippen LogP contribution in [0, 0.1) is 17.8 Å². The van der Waals surface area contributed by atoms with E-state index in [1.165, 1.54) is 31.1 Å². The molecule has 0 unspecified atom stereocenters. The number of hydrogen-bond acceptors (Lipinski definition) is 5. The van der Waals surface area contributed by atoms with Crippen molar-refractivity contribution in [1.29, 1.82) is 0 Å². The van der Waals surface area contributed by atoms with E-state index in [4.69, 9.17) is 14.2 Å². The highest BCUT2D eigenvalue weighted by molar-refractivity contribution is 5.71. The smallest absolute Gasteiger partial charge is 0.343 e. The molecule has 1 aromatic rings. The molecule has 0 saturated heterocycles. The minimum Gasteiger partial charge on any atom is -0.482 e. The summed E-state index contributed by atoms with van der Waals surface area (Å²) in [5.74, 6) is 2.08. The Hall–Kier alpha value is -1.59. The molecule has 0 aromatic heterocycles. The predicted octanol–water partition coefficient (Wildman–Crippen LogP) is 4.33. The van der Waals surface area contributed by atoms with Crippen LogP contribution in [0.3, 0.4) is 0 Å². The second-order valence-electron chi connectivity index (χ2n) is 8.99. The number of aliphatic hydroxyl groups excluding tert-OH is 1. The van der Waals surface area contributed by atoms with E-state index in [9.17, 15) is 9.90 Å². The van der Waals surface area contributed by atoms with Gasteiger partial charge in [-0.05, 0) is 73.5 Å². The molecule has 3 rings (SSSR count). The van der Waals surface area contributed by atoms with Gasteiger partial charge in [-0.2, -0.15) is 0 Å². The average Bonchev–Trinajstić information content (AvgIpc) is 3.11. The lowest BCUT2D eigenvalue weighted by Crippen LogP contribution is -2.28. The summed E-state index contributed by atoms with van der Waals surface area (Å²) >= 11 is 0. The van der Waals surface area contributed by atoms with Gasteiger partial charge < -0.3 is 19.3 Å². The van der Waals surface area contributed by atoms with Gasteiger partial charge >= 0.3 is 5.97 Å². The van der Waals surface area contributed by atoms with Crippen LogP contribution in [0.5, 0.6) is 5.75 Å². The lowest BCUT2D eigenvalue weighted by molar-refractivity contribution is -0.142. The van der Waals surface area contributed by atoms with Gasteiger partial charge in [0.1, 0.15) is 5.75 Å². The number of fused-ring (bicyclic) bond motifs is 2. The highest BCUT2D eigenvalue weighted by Gasteiger charge is 2.45. The maximum Gasteiger partial charge on any atom is 0.343 e. The van der Waals surface area contributed by atoms with Crippen LogP contribution in [0.1, 0.15) is 63.0 Å². The number of ether oxygens (including phenoxy) is 3. The van der Waals surface area contributed by atoms with Crippen molar-refractivity contribution in [1.82, 2.24) is 0 Å². The molecule has 0 radical (unpaired) electrons. The Morgan fingerprint density at radius 3 is 2.77 bits per heavy atom. The first-order chi connectivity index (χ1) is 14.6. The molecule has 1 N–H and O–H groups in total. The molecule has 0 heterocycles. The largest absolute Gasteiger partial charge is 0.482 e. The lowest BCUT2D eigenvalue weighted by atomic mass is 9.73. The quantitative estimate of drug-likeness (QED) is 0.428. The van der Waals surface area contributed by atoms with Crippen molar-refractivity contribution < 1.29 is 24.1 Å². The Morgan fingerprint density at radius 1 is 1.20 bits per heavy atom. The van der Waals surface area contributed by atoms with E-state index in [-0.39, 0.29) is 24.8 Å². The molecule has 2 aliphatic rings. The molecule has 0 spiro atoms. The van der Waals surface area contributed by atoms with Crippen molar-refractivity contribution in [2.75, 3.05) is 20.8 Å². The molecular weight excluding hydrogens is 380 g/mol. The third-order valence-electron chi connectivity index (χ3n) is 7.17. The molecular formula is C25H38O5. The maximum atomic E-state index is 11.5. The monoisotopic (exact) mass is 418 g/mol. The lowest BCUT2D eigenvalue weighted by Gasteiger charge is -2.32. The summed E-state index contributed by atoms with van der Waals surface area (Å²) in [6, 6.07) is 6.16. The van der Waals surface area contributed by atoms with Crippen molar-refractivity contribution in [2.24, 2.45) is 17.8 Å². The standard InChI is InChI=1S/C25H38O5/c1-4-5-6-9-19(26)11-12-20-21-13-17-8-7-10-23(30-16-25(27)29-3)22(17)14-18(21)15-24(20)28-2/h7-8,10,18-21,24,26H,4-6,9,11-16H2,1-3H3/t18-,19-,20+,21-,24+/m0/s1. The van der Waals surface area contributed by atoms with E-state index in [0.29, 0.717) is 17.8 Å². The number of unbranched alkanes of at least 4 members (excludes halogenated alkanes) is 2. The van der Waals surface area contributed by atoms with Crippen LogP contribution in [0.4, 0.5) is 0 Å². The van der Waals surface area contributed by atoms with Gasteiger partial charge in [-0.1, -0.05) is 38.3 Å². The van der Waals surface area contributed by atoms with Crippen LogP contribution in [0.2, 0.25) is 0 Å². The Bertz CT molecular complexity index is 688. The molecule has 0 aliphatic heterocycles. The zero-order chi connectivity index (χ0) is 21.5. The van der Waals surface area contributed by atoms with Crippen LogP contribution < -0.4 is 4.74 Å². The van der Waals surface area contributed by atoms with Crippen molar-refractivity contribution >= 4 is 5.97 Å². The van der Waals surface area contributed by atoms with Crippen molar-refractivity contribution in [3.63, 3.8) is 0 Å².